The van der Waals surface area contributed by atoms with Crippen LogP contribution in [0.2, 0.25) is 0 Å². The van der Waals surface area contributed by atoms with Crippen molar-refractivity contribution < 1.29 is 24.3 Å². The normalized spacial score (nSPS) is 13.3. The van der Waals surface area contributed by atoms with Crippen molar-refractivity contribution >= 4 is 51.7 Å². The minimum absolute atomic E-state index is 0.0000330. The van der Waals surface area contributed by atoms with Gasteiger partial charge in [0, 0.05) is 17.7 Å². The third-order valence-electron chi connectivity index (χ3n) is 5.62. The lowest BCUT2D eigenvalue weighted by atomic mass is 9.94. The van der Waals surface area contributed by atoms with Crippen molar-refractivity contribution in [2.24, 2.45) is 5.92 Å². The molecule has 1 fully saturated rings. The number of urea groups is 1. The monoisotopic (exact) mass is 493 g/mol. The Balaban J connectivity index is 1.39. The van der Waals surface area contributed by atoms with Crippen molar-refractivity contribution in [3.05, 3.63) is 64.3 Å². The van der Waals surface area contributed by atoms with E-state index in [1.54, 1.807) is 12.1 Å². The van der Waals surface area contributed by atoms with Gasteiger partial charge in [-0.2, -0.15) is 0 Å². The second-order valence-electron chi connectivity index (χ2n) is 8.19. The molecule has 0 radical (unpaired) electrons. The molecule has 1 aliphatic rings. The highest BCUT2D eigenvalue weighted by Gasteiger charge is 2.26. The average Bonchev–Trinajstić information content (AvgIpc) is 3.53. The summed E-state index contributed by atoms with van der Waals surface area (Å²) in [5, 5.41) is 17.0. The fraction of sp³-hybridized carbons (Fsp3) is 0.250. The first-order valence-corrected chi connectivity index (χ1v) is 11.8. The highest BCUT2D eigenvalue weighted by molar-refractivity contribution is 7.17. The summed E-state index contributed by atoms with van der Waals surface area (Å²) in [7, 11) is 0. The van der Waals surface area contributed by atoms with E-state index in [4.69, 9.17) is 5.11 Å². The number of ketones is 1. The summed E-state index contributed by atoms with van der Waals surface area (Å²) in [6.45, 7) is 1.90. The Kier molecular flexibility index (Phi) is 7.16. The van der Waals surface area contributed by atoms with E-state index in [9.17, 15) is 19.2 Å². The topological polar surface area (TPSA) is 150 Å². The molecule has 0 atom stereocenters. The standard InChI is InChI=1S/C24H23N5O5S/c1-13-6-8-17(16(10-13)20(30)14-4-2-3-5-14)27-23(34)29-24-26-12-18(35-24)21(31)28-19-9-7-15(11-25-19)22(32)33/h6-12,14H,2-5H2,1H3,(H,32,33)(H,25,28,31)(H2,26,27,29,34). The van der Waals surface area contributed by atoms with Crippen LogP contribution in [0.4, 0.5) is 21.4 Å². The molecule has 10 nitrogen and oxygen atoms in total. The van der Waals surface area contributed by atoms with Gasteiger partial charge in [-0.1, -0.05) is 35.8 Å². The van der Waals surface area contributed by atoms with Crippen molar-refractivity contribution in [2.75, 3.05) is 16.0 Å². The summed E-state index contributed by atoms with van der Waals surface area (Å²) in [6, 6.07) is 7.44. The molecule has 4 rings (SSSR count). The quantitative estimate of drug-likeness (QED) is 0.345. The SMILES string of the molecule is Cc1ccc(NC(=O)Nc2ncc(C(=O)Nc3ccc(C(=O)O)cn3)s2)c(C(=O)C2CCCC2)c1. The van der Waals surface area contributed by atoms with E-state index in [1.807, 2.05) is 13.0 Å². The van der Waals surface area contributed by atoms with Crippen LogP contribution in [-0.2, 0) is 0 Å². The zero-order valence-corrected chi connectivity index (χ0v) is 19.6. The fourth-order valence-corrected chi connectivity index (χ4v) is 4.55. The van der Waals surface area contributed by atoms with Crippen LogP contribution in [0, 0.1) is 12.8 Å². The Hall–Kier alpha value is -4.12. The molecule has 2 aromatic heterocycles. The minimum atomic E-state index is -1.12. The maximum atomic E-state index is 13.0. The van der Waals surface area contributed by atoms with E-state index in [0.717, 1.165) is 48.8 Å². The number of carbonyl (C=O) groups excluding carboxylic acids is 3. The highest BCUT2D eigenvalue weighted by Crippen LogP contribution is 2.31. The largest absolute Gasteiger partial charge is 0.478 e. The Morgan fingerprint density at radius 2 is 1.74 bits per heavy atom. The lowest BCUT2D eigenvalue weighted by Crippen LogP contribution is -2.22. The average molecular weight is 494 g/mol. The van der Waals surface area contributed by atoms with Crippen LogP contribution in [0.15, 0.2) is 42.7 Å². The molecule has 4 N–H and O–H groups in total. The van der Waals surface area contributed by atoms with E-state index < -0.39 is 17.9 Å². The molecule has 35 heavy (non-hydrogen) atoms. The number of Topliss-reactive ketones (excluding diaryl/α,β-unsaturated/α-hetero) is 1. The van der Waals surface area contributed by atoms with Crippen LogP contribution in [0.1, 0.15) is 61.6 Å². The number of rotatable bonds is 7. The van der Waals surface area contributed by atoms with Gasteiger partial charge >= 0.3 is 12.0 Å². The van der Waals surface area contributed by atoms with Gasteiger partial charge in [-0.25, -0.2) is 19.6 Å². The van der Waals surface area contributed by atoms with Crippen LogP contribution in [0.5, 0.6) is 0 Å². The number of benzene rings is 1. The first kappa shape index (κ1) is 24.0. The van der Waals surface area contributed by atoms with Crippen LogP contribution in [0.25, 0.3) is 0 Å². The van der Waals surface area contributed by atoms with Gasteiger partial charge in [-0.15, -0.1) is 0 Å². The molecular weight excluding hydrogens is 470 g/mol. The predicted molar refractivity (Wildman–Crippen MR) is 131 cm³/mol. The summed E-state index contributed by atoms with van der Waals surface area (Å²) < 4.78 is 0. The van der Waals surface area contributed by atoms with Gasteiger partial charge in [0.05, 0.1) is 17.4 Å². The number of hydrogen-bond acceptors (Lipinski definition) is 7. The molecule has 0 saturated heterocycles. The van der Waals surface area contributed by atoms with Gasteiger partial charge < -0.3 is 15.7 Å². The number of thiazole rings is 1. The minimum Gasteiger partial charge on any atom is -0.478 e. The first-order valence-electron chi connectivity index (χ1n) is 11.0. The molecule has 0 unspecified atom stereocenters. The number of aromatic carboxylic acids is 1. The van der Waals surface area contributed by atoms with Gasteiger partial charge in [0.25, 0.3) is 5.91 Å². The Morgan fingerprint density at radius 3 is 2.43 bits per heavy atom. The van der Waals surface area contributed by atoms with Crippen LogP contribution < -0.4 is 16.0 Å². The van der Waals surface area contributed by atoms with E-state index in [1.165, 1.54) is 18.3 Å². The van der Waals surface area contributed by atoms with Crippen molar-refractivity contribution in [3.63, 3.8) is 0 Å². The molecule has 1 saturated carbocycles. The van der Waals surface area contributed by atoms with E-state index in [-0.39, 0.29) is 33.1 Å². The van der Waals surface area contributed by atoms with E-state index in [2.05, 4.69) is 25.9 Å². The smallest absolute Gasteiger partial charge is 0.337 e. The number of anilines is 3. The summed E-state index contributed by atoms with van der Waals surface area (Å²) in [6.07, 6.45) is 6.24. The summed E-state index contributed by atoms with van der Waals surface area (Å²) in [5.41, 5.74) is 1.85. The Morgan fingerprint density at radius 1 is 0.971 bits per heavy atom. The molecule has 0 bridgehead atoms. The molecule has 180 valence electrons. The molecule has 1 aromatic carbocycles. The number of carboxylic acids is 1. The maximum Gasteiger partial charge on any atom is 0.337 e. The fourth-order valence-electron chi connectivity index (χ4n) is 3.84. The third kappa shape index (κ3) is 5.87. The predicted octanol–water partition coefficient (Wildman–Crippen LogP) is 4.81. The second-order valence-corrected chi connectivity index (χ2v) is 9.23. The van der Waals surface area contributed by atoms with Crippen molar-refractivity contribution in [1.82, 2.24) is 9.97 Å². The number of aromatic nitrogens is 2. The molecular formula is C24H23N5O5S. The molecule has 0 spiro atoms. The van der Waals surface area contributed by atoms with Crippen LogP contribution in [-0.4, -0.2) is 38.8 Å². The number of pyridine rings is 1. The molecule has 2 heterocycles. The number of hydrogen-bond donors (Lipinski definition) is 4. The lowest BCUT2D eigenvalue weighted by Gasteiger charge is -2.14. The van der Waals surface area contributed by atoms with E-state index >= 15 is 0 Å². The number of carboxylic acid groups (broad SMARTS) is 1. The van der Waals surface area contributed by atoms with Gasteiger partial charge in [-0.05, 0) is 44.0 Å². The van der Waals surface area contributed by atoms with Crippen LogP contribution >= 0.6 is 11.3 Å². The number of amides is 3. The van der Waals surface area contributed by atoms with Crippen LogP contribution in [0.3, 0.4) is 0 Å². The highest BCUT2D eigenvalue weighted by atomic mass is 32.1. The molecule has 1 aliphatic carbocycles. The van der Waals surface area contributed by atoms with Gasteiger partial charge in [0.15, 0.2) is 10.9 Å². The molecule has 0 aliphatic heterocycles. The zero-order chi connectivity index (χ0) is 24.9. The van der Waals surface area contributed by atoms with Gasteiger partial charge in [-0.3, -0.25) is 14.9 Å². The number of nitrogens with zero attached hydrogens (tertiary/aromatic N) is 2. The van der Waals surface area contributed by atoms with Crippen molar-refractivity contribution in [1.29, 1.82) is 0 Å². The van der Waals surface area contributed by atoms with Crippen molar-refractivity contribution in [2.45, 2.75) is 32.6 Å². The molecule has 3 amide bonds. The third-order valence-corrected chi connectivity index (χ3v) is 6.53. The molecule has 11 heteroatoms. The Labute approximate surface area is 204 Å². The lowest BCUT2D eigenvalue weighted by molar-refractivity contribution is 0.0696. The summed E-state index contributed by atoms with van der Waals surface area (Å²) >= 11 is 0.957. The van der Waals surface area contributed by atoms with Gasteiger partial charge in [0.1, 0.15) is 10.7 Å². The number of aryl methyl sites for hydroxylation is 1. The Bertz CT molecular complexity index is 1280. The summed E-state index contributed by atoms with van der Waals surface area (Å²) in [4.78, 5) is 57.1. The van der Waals surface area contributed by atoms with Crippen molar-refractivity contribution in [3.8, 4) is 0 Å². The summed E-state index contributed by atoms with van der Waals surface area (Å²) in [5.74, 6) is -1.42. The number of nitrogens with one attached hydrogen (secondary N) is 3. The second kappa shape index (κ2) is 10.4. The maximum absolute atomic E-state index is 13.0. The first-order chi connectivity index (χ1) is 16.8. The number of carbonyl (C=O) groups is 4. The van der Waals surface area contributed by atoms with E-state index in [0.29, 0.717) is 11.3 Å². The van der Waals surface area contributed by atoms with Gasteiger partial charge in [0.2, 0.25) is 0 Å². The zero-order valence-electron chi connectivity index (χ0n) is 18.8. The molecule has 3 aromatic rings.